The zero-order valence-corrected chi connectivity index (χ0v) is 12.9. The fraction of sp³-hybridized carbons (Fsp3) is 0.412. The monoisotopic (exact) mass is 284 g/mol. The summed E-state index contributed by atoms with van der Waals surface area (Å²) in [6, 6.07) is 9.99. The first kappa shape index (κ1) is 13.9. The van der Waals surface area contributed by atoms with Crippen molar-refractivity contribution in [2.75, 3.05) is 13.7 Å². The molecule has 110 valence electrons. The number of hydrogen-bond donors (Lipinski definition) is 0. The van der Waals surface area contributed by atoms with Gasteiger partial charge in [-0.3, -0.25) is 0 Å². The van der Waals surface area contributed by atoms with Gasteiger partial charge in [0.25, 0.3) is 0 Å². The average Bonchev–Trinajstić information content (AvgIpc) is 2.96. The zero-order chi connectivity index (χ0) is 15.0. The summed E-state index contributed by atoms with van der Waals surface area (Å²) in [6.45, 7) is 7.15. The van der Waals surface area contributed by atoms with Crippen molar-refractivity contribution in [3.63, 3.8) is 0 Å². The molecule has 4 heteroatoms. The van der Waals surface area contributed by atoms with Crippen LogP contribution in [0.4, 0.5) is 0 Å². The summed E-state index contributed by atoms with van der Waals surface area (Å²) in [4.78, 5) is 9.32. The van der Waals surface area contributed by atoms with Crippen molar-refractivity contribution in [1.29, 1.82) is 0 Å². The number of rotatable bonds is 2. The summed E-state index contributed by atoms with van der Waals surface area (Å²) < 4.78 is 11.0. The average molecular weight is 284 g/mol. The first-order valence-corrected chi connectivity index (χ1v) is 7.13. The zero-order valence-electron chi connectivity index (χ0n) is 12.9. The first-order valence-electron chi connectivity index (χ1n) is 7.13. The van der Waals surface area contributed by atoms with E-state index in [1.165, 1.54) is 0 Å². The molecule has 0 saturated carbocycles. The molecule has 1 aromatic heterocycles. The molecule has 0 saturated heterocycles. The van der Waals surface area contributed by atoms with E-state index in [0.29, 0.717) is 12.5 Å². The van der Waals surface area contributed by atoms with Crippen molar-refractivity contribution in [2.24, 2.45) is 10.4 Å². The number of methoxy groups -OCH3 is 1. The predicted molar refractivity (Wildman–Crippen MR) is 84.0 cm³/mol. The minimum atomic E-state index is 0.103. The Kier molecular flexibility index (Phi) is 3.32. The fourth-order valence-electron chi connectivity index (χ4n) is 2.31. The molecular formula is C17H20N2O2. The second-order valence-corrected chi connectivity index (χ2v) is 6.38. The molecule has 4 nitrogen and oxygen atoms in total. The van der Waals surface area contributed by atoms with Crippen molar-refractivity contribution in [3.05, 3.63) is 36.0 Å². The number of hydrogen-bond acceptors (Lipinski definition) is 4. The van der Waals surface area contributed by atoms with Gasteiger partial charge in [0.2, 0.25) is 5.90 Å². The normalized spacial score (nSPS) is 18.5. The summed E-state index contributed by atoms with van der Waals surface area (Å²) in [5.74, 6) is 1.48. The van der Waals surface area contributed by atoms with Crippen molar-refractivity contribution in [3.8, 4) is 5.75 Å². The molecule has 1 aliphatic heterocycles. The highest BCUT2D eigenvalue weighted by molar-refractivity contribution is 5.95. The van der Waals surface area contributed by atoms with Gasteiger partial charge < -0.3 is 9.47 Å². The molecule has 1 atom stereocenters. The third-order valence-electron chi connectivity index (χ3n) is 3.77. The lowest BCUT2D eigenvalue weighted by molar-refractivity contribution is 0.235. The number of fused-ring (bicyclic) bond motifs is 1. The van der Waals surface area contributed by atoms with Crippen LogP contribution in [-0.4, -0.2) is 30.6 Å². The van der Waals surface area contributed by atoms with Crippen LogP contribution in [0.3, 0.4) is 0 Å². The number of nitrogens with zero attached hydrogens (tertiary/aromatic N) is 2. The Hall–Kier alpha value is -2.10. The van der Waals surface area contributed by atoms with Gasteiger partial charge in [-0.15, -0.1) is 0 Å². The van der Waals surface area contributed by atoms with E-state index >= 15 is 0 Å². The summed E-state index contributed by atoms with van der Waals surface area (Å²) in [5, 5.41) is 1.05. The maximum absolute atomic E-state index is 5.73. The van der Waals surface area contributed by atoms with Crippen molar-refractivity contribution < 1.29 is 9.47 Å². The van der Waals surface area contributed by atoms with Gasteiger partial charge in [-0.25, -0.2) is 9.98 Å². The molecule has 2 heterocycles. The van der Waals surface area contributed by atoms with E-state index in [1.807, 2.05) is 30.3 Å². The summed E-state index contributed by atoms with van der Waals surface area (Å²) in [6.07, 6.45) is 0. The molecular weight excluding hydrogens is 264 g/mol. The summed E-state index contributed by atoms with van der Waals surface area (Å²) >= 11 is 0. The standard InChI is InChI=1S/C17H20N2O2/c1-17(2,3)15-10-21-16(19-15)14-7-5-11-9-12(20-4)6-8-13(11)18-14/h5-9,15H,10H2,1-4H3. The Morgan fingerprint density at radius 1 is 1.19 bits per heavy atom. The van der Waals surface area contributed by atoms with Crippen LogP contribution in [0.5, 0.6) is 5.75 Å². The maximum atomic E-state index is 5.73. The van der Waals surface area contributed by atoms with Gasteiger partial charge in [0.15, 0.2) is 0 Å². The lowest BCUT2D eigenvalue weighted by Crippen LogP contribution is -2.25. The first-order chi connectivity index (χ1) is 9.97. The Morgan fingerprint density at radius 3 is 2.67 bits per heavy atom. The molecule has 3 rings (SSSR count). The quantitative estimate of drug-likeness (QED) is 0.848. The van der Waals surface area contributed by atoms with Crippen LogP contribution in [0.15, 0.2) is 35.3 Å². The highest BCUT2D eigenvalue weighted by atomic mass is 16.5. The minimum Gasteiger partial charge on any atom is -0.497 e. The van der Waals surface area contributed by atoms with Crippen LogP contribution in [0, 0.1) is 5.41 Å². The minimum absolute atomic E-state index is 0.103. The van der Waals surface area contributed by atoms with Crippen molar-refractivity contribution in [1.82, 2.24) is 4.98 Å². The molecule has 0 radical (unpaired) electrons. The molecule has 2 aromatic rings. The highest BCUT2D eigenvalue weighted by Gasteiger charge is 2.31. The molecule has 0 N–H and O–H groups in total. The second-order valence-electron chi connectivity index (χ2n) is 6.38. The third-order valence-corrected chi connectivity index (χ3v) is 3.77. The smallest absolute Gasteiger partial charge is 0.235 e. The topological polar surface area (TPSA) is 43.7 Å². The summed E-state index contributed by atoms with van der Waals surface area (Å²) in [5.41, 5.74) is 1.81. The molecule has 0 aliphatic carbocycles. The van der Waals surface area contributed by atoms with E-state index < -0.39 is 0 Å². The summed E-state index contributed by atoms with van der Waals surface area (Å²) in [7, 11) is 1.66. The molecule has 1 unspecified atom stereocenters. The largest absolute Gasteiger partial charge is 0.497 e. The number of pyridine rings is 1. The van der Waals surface area contributed by atoms with E-state index in [9.17, 15) is 0 Å². The molecule has 0 bridgehead atoms. The number of aliphatic imine (C=N–C) groups is 1. The molecule has 21 heavy (non-hydrogen) atoms. The van der Waals surface area contributed by atoms with Gasteiger partial charge in [-0.2, -0.15) is 0 Å². The van der Waals surface area contributed by atoms with Crippen LogP contribution in [0.2, 0.25) is 0 Å². The number of aromatic nitrogens is 1. The van der Waals surface area contributed by atoms with Crippen molar-refractivity contribution in [2.45, 2.75) is 26.8 Å². The molecule has 1 aromatic carbocycles. The molecule has 0 amide bonds. The van der Waals surface area contributed by atoms with E-state index in [2.05, 4.69) is 30.7 Å². The van der Waals surface area contributed by atoms with E-state index in [-0.39, 0.29) is 11.5 Å². The lowest BCUT2D eigenvalue weighted by Gasteiger charge is -2.21. The second kappa shape index (κ2) is 5.02. The van der Waals surface area contributed by atoms with E-state index in [0.717, 1.165) is 22.3 Å². The van der Waals surface area contributed by atoms with Gasteiger partial charge in [-0.05, 0) is 29.7 Å². The Labute approximate surface area is 124 Å². The van der Waals surface area contributed by atoms with Crippen LogP contribution in [0.25, 0.3) is 10.9 Å². The van der Waals surface area contributed by atoms with Crippen molar-refractivity contribution >= 4 is 16.8 Å². The Bertz CT molecular complexity index is 701. The van der Waals surface area contributed by atoms with Crippen LogP contribution < -0.4 is 4.74 Å². The molecule has 0 spiro atoms. The van der Waals surface area contributed by atoms with Crippen LogP contribution in [-0.2, 0) is 4.74 Å². The van der Waals surface area contributed by atoms with Crippen LogP contribution >= 0.6 is 0 Å². The van der Waals surface area contributed by atoms with Gasteiger partial charge in [0.1, 0.15) is 18.1 Å². The van der Waals surface area contributed by atoms with E-state index in [1.54, 1.807) is 7.11 Å². The van der Waals surface area contributed by atoms with Gasteiger partial charge in [0.05, 0.1) is 18.7 Å². The lowest BCUT2D eigenvalue weighted by atomic mass is 9.88. The highest BCUT2D eigenvalue weighted by Crippen LogP contribution is 2.27. The third kappa shape index (κ3) is 2.71. The van der Waals surface area contributed by atoms with Crippen LogP contribution in [0.1, 0.15) is 26.5 Å². The molecule has 1 aliphatic rings. The molecule has 0 fully saturated rings. The fourth-order valence-corrected chi connectivity index (χ4v) is 2.31. The number of ether oxygens (including phenoxy) is 2. The Morgan fingerprint density at radius 2 is 2.00 bits per heavy atom. The number of benzene rings is 1. The maximum Gasteiger partial charge on any atom is 0.235 e. The SMILES string of the molecule is COc1ccc2nc(C3=NC(C(C)(C)C)CO3)ccc2c1. The van der Waals surface area contributed by atoms with Gasteiger partial charge in [0, 0.05) is 5.39 Å². The van der Waals surface area contributed by atoms with Gasteiger partial charge >= 0.3 is 0 Å². The Balaban J connectivity index is 1.95. The van der Waals surface area contributed by atoms with E-state index in [4.69, 9.17) is 9.47 Å². The predicted octanol–water partition coefficient (Wildman–Crippen LogP) is 3.43. The van der Waals surface area contributed by atoms with Gasteiger partial charge in [-0.1, -0.05) is 26.8 Å².